The Morgan fingerprint density at radius 2 is 2.33 bits per heavy atom. The van der Waals surface area contributed by atoms with E-state index in [1.165, 1.54) is 6.07 Å². The minimum Gasteiger partial charge on any atom is -0.363 e. The number of halogens is 1. The van der Waals surface area contributed by atoms with Gasteiger partial charge in [0.2, 0.25) is 0 Å². The fraction of sp³-hybridized carbons (Fsp3) is 0.250. The van der Waals surface area contributed by atoms with Crippen LogP contribution in [-0.2, 0) is 0 Å². The average molecular weight is 193 g/mol. The van der Waals surface area contributed by atoms with Crippen LogP contribution in [0.2, 0.25) is 0 Å². The van der Waals surface area contributed by atoms with Gasteiger partial charge in [-0.1, -0.05) is 0 Å². The summed E-state index contributed by atoms with van der Waals surface area (Å²) >= 11 is 3.04. The molecule has 0 aliphatic rings. The smallest absolute Gasteiger partial charge is 0.195 e. The van der Waals surface area contributed by atoms with E-state index in [-0.39, 0.29) is 5.69 Å². The zero-order valence-electron chi connectivity index (χ0n) is 4.37. The molecule has 0 atom stereocenters. The van der Waals surface area contributed by atoms with Gasteiger partial charge in [-0.2, -0.15) is 5.10 Å². The molecule has 1 heterocycles. The summed E-state index contributed by atoms with van der Waals surface area (Å²) in [7, 11) is 0. The summed E-state index contributed by atoms with van der Waals surface area (Å²) in [5.74, 6) is 0. The van der Waals surface area contributed by atoms with Crippen LogP contribution in [0.15, 0.2) is 10.7 Å². The highest BCUT2D eigenvalue weighted by Gasteiger charge is 2.03. The molecule has 5 heteroatoms. The van der Waals surface area contributed by atoms with E-state index < -0.39 is 6.29 Å². The molecule has 0 radical (unpaired) electrons. The number of hydrogen-bond acceptors (Lipinski definition) is 3. The molecule has 3 N–H and O–H groups in total. The van der Waals surface area contributed by atoms with Crippen molar-refractivity contribution < 1.29 is 10.2 Å². The molecule has 0 fully saturated rings. The number of H-pyrrole nitrogens is 1. The normalized spacial score (nSPS) is 10.7. The fourth-order valence-electron chi connectivity index (χ4n) is 0.443. The first-order valence-corrected chi connectivity index (χ1v) is 3.06. The molecule has 0 aliphatic heterocycles. The average Bonchev–Trinajstić information content (AvgIpc) is 2.14. The fourth-order valence-corrected chi connectivity index (χ4v) is 0.778. The van der Waals surface area contributed by atoms with Gasteiger partial charge in [0.05, 0.1) is 5.69 Å². The molecular formula is C4H5BrN2O2. The Hall–Kier alpha value is -0.390. The molecule has 9 heavy (non-hydrogen) atoms. The van der Waals surface area contributed by atoms with E-state index in [2.05, 4.69) is 26.1 Å². The standard InChI is InChI=1S/C4H5BrN2O2/c5-3-1-2(4(8)9)6-7-3/h1,4,8-9H,(H,6,7). The van der Waals surface area contributed by atoms with E-state index in [4.69, 9.17) is 10.2 Å². The summed E-state index contributed by atoms with van der Waals surface area (Å²) in [6.07, 6.45) is -1.47. The number of hydrogen-bond donors (Lipinski definition) is 3. The molecule has 50 valence electrons. The van der Waals surface area contributed by atoms with Crippen LogP contribution in [-0.4, -0.2) is 20.4 Å². The molecule has 0 amide bonds. The summed E-state index contributed by atoms with van der Waals surface area (Å²) in [4.78, 5) is 0. The highest BCUT2D eigenvalue weighted by molar-refractivity contribution is 9.10. The lowest BCUT2D eigenvalue weighted by molar-refractivity contribution is -0.0458. The number of nitrogens with zero attached hydrogens (tertiary/aromatic N) is 1. The summed E-state index contributed by atoms with van der Waals surface area (Å²) in [6.45, 7) is 0. The van der Waals surface area contributed by atoms with E-state index in [0.717, 1.165) is 0 Å². The highest BCUT2D eigenvalue weighted by atomic mass is 79.9. The third kappa shape index (κ3) is 1.51. The molecule has 0 aromatic carbocycles. The third-order valence-electron chi connectivity index (χ3n) is 0.845. The van der Waals surface area contributed by atoms with Crippen LogP contribution in [0.5, 0.6) is 0 Å². The van der Waals surface area contributed by atoms with E-state index in [1.54, 1.807) is 0 Å². The van der Waals surface area contributed by atoms with Crippen molar-refractivity contribution in [3.8, 4) is 0 Å². The molecule has 1 aromatic heterocycles. The van der Waals surface area contributed by atoms with Crippen molar-refractivity contribution in [3.05, 3.63) is 16.4 Å². The van der Waals surface area contributed by atoms with Crippen molar-refractivity contribution in [2.45, 2.75) is 6.29 Å². The Morgan fingerprint density at radius 3 is 2.56 bits per heavy atom. The lowest BCUT2D eigenvalue weighted by atomic mass is 10.4. The Balaban J connectivity index is 2.85. The zero-order chi connectivity index (χ0) is 6.85. The van der Waals surface area contributed by atoms with Crippen molar-refractivity contribution in [2.75, 3.05) is 0 Å². The minimum absolute atomic E-state index is 0.280. The maximum atomic E-state index is 8.50. The van der Waals surface area contributed by atoms with Gasteiger partial charge in [0.15, 0.2) is 6.29 Å². The van der Waals surface area contributed by atoms with Crippen LogP contribution in [0, 0.1) is 0 Å². The van der Waals surface area contributed by atoms with Crippen LogP contribution in [0.4, 0.5) is 0 Å². The number of nitrogens with one attached hydrogen (secondary N) is 1. The number of aromatic nitrogens is 2. The predicted molar refractivity (Wildman–Crippen MR) is 33.5 cm³/mol. The summed E-state index contributed by atoms with van der Waals surface area (Å²) < 4.78 is 0.561. The second kappa shape index (κ2) is 2.47. The van der Waals surface area contributed by atoms with E-state index in [1.807, 2.05) is 0 Å². The van der Waals surface area contributed by atoms with Crippen LogP contribution >= 0.6 is 15.9 Å². The maximum Gasteiger partial charge on any atom is 0.195 e. The van der Waals surface area contributed by atoms with Gasteiger partial charge in [-0.05, 0) is 22.0 Å². The zero-order valence-corrected chi connectivity index (χ0v) is 5.96. The van der Waals surface area contributed by atoms with Gasteiger partial charge in [-0.15, -0.1) is 0 Å². The second-order valence-electron chi connectivity index (χ2n) is 1.52. The van der Waals surface area contributed by atoms with Gasteiger partial charge < -0.3 is 10.2 Å². The summed E-state index contributed by atoms with van der Waals surface area (Å²) in [5, 5.41) is 23.0. The van der Waals surface area contributed by atoms with E-state index in [9.17, 15) is 0 Å². The van der Waals surface area contributed by atoms with Crippen LogP contribution < -0.4 is 0 Å². The van der Waals surface area contributed by atoms with Gasteiger partial charge in [0.1, 0.15) is 4.60 Å². The Bertz CT molecular complexity index is 198. The number of rotatable bonds is 1. The van der Waals surface area contributed by atoms with Crippen molar-refractivity contribution in [1.82, 2.24) is 10.2 Å². The summed E-state index contributed by atoms with van der Waals surface area (Å²) in [6, 6.07) is 1.49. The SMILES string of the molecule is OC(O)c1cc(Br)n[nH]1. The first kappa shape index (κ1) is 6.73. The highest BCUT2D eigenvalue weighted by Crippen LogP contribution is 2.11. The quantitative estimate of drug-likeness (QED) is 0.556. The molecule has 0 spiro atoms. The maximum absolute atomic E-state index is 8.50. The first-order chi connectivity index (χ1) is 4.20. The topological polar surface area (TPSA) is 69.1 Å². The van der Waals surface area contributed by atoms with Crippen LogP contribution in [0.3, 0.4) is 0 Å². The van der Waals surface area contributed by atoms with E-state index >= 15 is 0 Å². The number of aromatic amines is 1. The monoisotopic (exact) mass is 192 g/mol. The van der Waals surface area contributed by atoms with Gasteiger partial charge in [0, 0.05) is 0 Å². The third-order valence-corrected chi connectivity index (χ3v) is 1.25. The van der Waals surface area contributed by atoms with Gasteiger partial charge in [-0.25, -0.2) is 0 Å². The Kier molecular flexibility index (Phi) is 1.84. The van der Waals surface area contributed by atoms with Crippen LogP contribution in [0.1, 0.15) is 12.0 Å². The number of aliphatic hydroxyl groups excluding tert-OH is 1. The van der Waals surface area contributed by atoms with Gasteiger partial charge >= 0.3 is 0 Å². The first-order valence-electron chi connectivity index (χ1n) is 2.27. The molecule has 1 rings (SSSR count). The molecule has 4 nitrogen and oxygen atoms in total. The molecule has 0 saturated carbocycles. The van der Waals surface area contributed by atoms with Gasteiger partial charge in [0.25, 0.3) is 0 Å². The Labute approximate surface area is 59.6 Å². The van der Waals surface area contributed by atoms with Crippen molar-refractivity contribution in [3.63, 3.8) is 0 Å². The molecule has 0 bridgehead atoms. The molecule has 0 aliphatic carbocycles. The van der Waals surface area contributed by atoms with Crippen molar-refractivity contribution in [2.24, 2.45) is 0 Å². The van der Waals surface area contributed by atoms with Crippen molar-refractivity contribution >= 4 is 15.9 Å². The van der Waals surface area contributed by atoms with E-state index in [0.29, 0.717) is 4.60 Å². The lowest BCUT2D eigenvalue weighted by Crippen LogP contribution is -1.93. The van der Waals surface area contributed by atoms with Gasteiger partial charge in [-0.3, -0.25) is 5.10 Å². The predicted octanol–water partition coefficient (Wildman–Crippen LogP) is 0.155. The van der Waals surface area contributed by atoms with Crippen LogP contribution in [0.25, 0.3) is 0 Å². The van der Waals surface area contributed by atoms with Crippen molar-refractivity contribution in [1.29, 1.82) is 0 Å². The molecule has 0 unspecified atom stereocenters. The largest absolute Gasteiger partial charge is 0.363 e. The second-order valence-corrected chi connectivity index (χ2v) is 2.33. The molecule has 0 saturated heterocycles. The molecular weight excluding hydrogens is 188 g/mol. The minimum atomic E-state index is -1.47. The molecule has 1 aromatic rings. The number of aliphatic hydroxyl groups is 2. The Morgan fingerprint density at radius 1 is 1.67 bits per heavy atom. The lowest BCUT2D eigenvalue weighted by Gasteiger charge is -1.94. The summed E-state index contributed by atoms with van der Waals surface area (Å²) in [5.41, 5.74) is 0.280.